The molecule has 0 N–H and O–H groups in total. The topological polar surface area (TPSA) is 33.2 Å². The molecule has 0 bridgehead atoms. The minimum Gasteiger partial charge on any atom is -0.332 e. The Morgan fingerprint density at radius 3 is 2.67 bits per heavy atom. The van der Waals surface area contributed by atoms with Gasteiger partial charge in [-0.1, -0.05) is 12.1 Å². The minimum absolute atomic E-state index is 0.0285. The normalized spacial score (nSPS) is 10.7. The molecular formula is C17H19BrN2O. The van der Waals surface area contributed by atoms with Crippen molar-refractivity contribution >= 4 is 21.8 Å². The molecular weight excluding hydrogens is 328 g/mol. The van der Waals surface area contributed by atoms with Crippen LogP contribution in [0.1, 0.15) is 35.3 Å². The maximum Gasteiger partial charge on any atom is 0.255 e. The van der Waals surface area contributed by atoms with Gasteiger partial charge in [-0.25, -0.2) is 0 Å². The molecule has 3 nitrogen and oxygen atoms in total. The van der Waals surface area contributed by atoms with Crippen molar-refractivity contribution in [2.75, 3.05) is 0 Å². The van der Waals surface area contributed by atoms with E-state index in [4.69, 9.17) is 0 Å². The Hall–Kier alpha value is -1.68. The Bertz CT molecular complexity index is 626. The minimum atomic E-state index is 0.0285. The Morgan fingerprint density at radius 2 is 2.10 bits per heavy atom. The highest BCUT2D eigenvalue weighted by atomic mass is 79.9. The van der Waals surface area contributed by atoms with Gasteiger partial charge < -0.3 is 4.90 Å². The molecule has 1 heterocycles. The van der Waals surface area contributed by atoms with Gasteiger partial charge in [-0.15, -0.1) is 0 Å². The average molecular weight is 347 g/mol. The third-order valence-electron chi connectivity index (χ3n) is 3.31. The Kier molecular flexibility index (Phi) is 5.12. The zero-order valence-corrected chi connectivity index (χ0v) is 14.1. The van der Waals surface area contributed by atoms with Crippen LogP contribution in [0.2, 0.25) is 0 Å². The zero-order chi connectivity index (χ0) is 15.4. The number of carbonyl (C=O) groups excluding carboxylic acids is 1. The fraction of sp³-hybridized carbons (Fsp3) is 0.294. The van der Waals surface area contributed by atoms with E-state index in [1.54, 1.807) is 12.4 Å². The number of rotatable bonds is 4. The number of aryl methyl sites for hydroxylation is 1. The van der Waals surface area contributed by atoms with Gasteiger partial charge in [-0.3, -0.25) is 9.78 Å². The summed E-state index contributed by atoms with van der Waals surface area (Å²) in [5.41, 5.74) is 2.85. The van der Waals surface area contributed by atoms with E-state index in [0.717, 1.165) is 15.6 Å². The van der Waals surface area contributed by atoms with Gasteiger partial charge in [-0.05, 0) is 66.0 Å². The van der Waals surface area contributed by atoms with Gasteiger partial charge in [-0.2, -0.15) is 0 Å². The fourth-order valence-electron chi connectivity index (χ4n) is 2.13. The van der Waals surface area contributed by atoms with Crippen LogP contribution in [0.5, 0.6) is 0 Å². The van der Waals surface area contributed by atoms with Gasteiger partial charge in [0.25, 0.3) is 5.91 Å². The number of hydrogen-bond donors (Lipinski definition) is 0. The lowest BCUT2D eigenvalue weighted by Crippen LogP contribution is -2.36. The van der Waals surface area contributed by atoms with Gasteiger partial charge >= 0.3 is 0 Å². The predicted molar refractivity (Wildman–Crippen MR) is 88.1 cm³/mol. The van der Waals surface area contributed by atoms with E-state index in [2.05, 4.69) is 20.9 Å². The highest BCUT2D eigenvalue weighted by Gasteiger charge is 2.21. The van der Waals surface area contributed by atoms with Crippen molar-refractivity contribution < 1.29 is 4.79 Å². The number of hydrogen-bond acceptors (Lipinski definition) is 2. The molecule has 2 aromatic rings. The van der Waals surface area contributed by atoms with E-state index >= 15 is 0 Å². The Morgan fingerprint density at radius 1 is 1.33 bits per heavy atom. The SMILES string of the molecule is Cc1ccc(C(=O)N(Cc2cccnc2)C(C)C)c(Br)c1. The lowest BCUT2D eigenvalue weighted by atomic mass is 10.1. The highest BCUT2D eigenvalue weighted by molar-refractivity contribution is 9.10. The first-order chi connectivity index (χ1) is 9.99. The quantitative estimate of drug-likeness (QED) is 0.830. The third kappa shape index (κ3) is 3.91. The summed E-state index contributed by atoms with van der Waals surface area (Å²) in [6, 6.07) is 9.79. The third-order valence-corrected chi connectivity index (χ3v) is 3.97. The molecule has 1 aromatic carbocycles. The molecule has 0 aliphatic rings. The number of pyridine rings is 1. The molecule has 110 valence electrons. The van der Waals surface area contributed by atoms with E-state index in [1.807, 2.05) is 56.0 Å². The number of halogens is 1. The van der Waals surface area contributed by atoms with Crippen molar-refractivity contribution in [2.24, 2.45) is 0 Å². The molecule has 1 amide bonds. The maximum absolute atomic E-state index is 12.8. The van der Waals surface area contributed by atoms with Crippen LogP contribution in [-0.2, 0) is 6.54 Å². The highest BCUT2D eigenvalue weighted by Crippen LogP contribution is 2.22. The van der Waals surface area contributed by atoms with Crippen molar-refractivity contribution in [2.45, 2.75) is 33.4 Å². The van der Waals surface area contributed by atoms with E-state index < -0.39 is 0 Å². The monoisotopic (exact) mass is 346 g/mol. The second-order valence-electron chi connectivity index (χ2n) is 5.37. The van der Waals surface area contributed by atoms with Crippen LogP contribution in [-0.4, -0.2) is 21.8 Å². The first-order valence-corrected chi connectivity index (χ1v) is 7.74. The summed E-state index contributed by atoms with van der Waals surface area (Å²) in [5, 5.41) is 0. The van der Waals surface area contributed by atoms with Crippen molar-refractivity contribution in [3.63, 3.8) is 0 Å². The van der Waals surface area contributed by atoms with E-state index in [-0.39, 0.29) is 11.9 Å². The first kappa shape index (κ1) is 15.7. The average Bonchev–Trinajstić information content (AvgIpc) is 2.45. The summed E-state index contributed by atoms with van der Waals surface area (Å²) in [4.78, 5) is 18.8. The summed E-state index contributed by atoms with van der Waals surface area (Å²) in [5.74, 6) is 0.0285. The van der Waals surface area contributed by atoms with Crippen molar-refractivity contribution in [3.05, 3.63) is 63.9 Å². The standard InChI is InChI=1S/C17H19BrN2O/c1-12(2)20(11-14-5-4-8-19-10-14)17(21)15-7-6-13(3)9-16(15)18/h4-10,12H,11H2,1-3H3. The number of carbonyl (C=O) groups is 1. The van der Waals surface area contributed by atoms with Crippen molar-refractivity contribution in [1.82, 2.24) is 9.88 Å². The maximum atomic E-state index is 12.8. The van der Waals surface area contributed by atoms with Gasteiger partial charge in [0.05, 0.1) is 5.56 Å². The van der Waals surface area contributed by atoms with Crippen LogP contribution in [0.4, 0.5) is 0 Å². The van der Waals surface area contributed by atoms with Crippen LogP contribution in [0.3, 0.4) is 0 Å². The van der Waals surface area contributed by atoms with E-state index in [1.165, 1.54) is 0 Å². The summed E-state index contributed by atoms with van der Waals surface area (Å²) < 4.78 is 0.837. The summed E-state index contributed by atoms with van der Waals surface area (Å²) in [7, 11) is 0. The predicted octanol–water partition coefficient (Wildman–Crippen LogP) is 4.20. The van der Waals surface area contributed by atoms with Crippen LogP contribution in [0.15, 0.2) is 47.2 Å². The molecule has 21 heavy (non-hydrogen) atoms. The zero-order valence-electron chi connectivity index (χ0n) is 12.5. The van der Waals surface area contributed by atoms with Crippen LogP contribution < -0.4 is 0 Å². The molecule has 0 unspecified atom stereocenters. The summed E-state index contributed by atoms with van der Waals surface area (Å²) >= 11 is 3.49. The molecule has 0 saturated heterocycles. The number of aromatic nitrogens is 1. The van der Waals surface area contributed by atoms with Crippen LogP contribution in [0, 0.1) is 6.92 Å². The second-order valence-corrected chi connectivity index (χ2v) is 6.23. The Labute approximate surface area is 134 Å². The number of nitrogens with zero attached hydrogens (tertiary/aromatic N) is 2. The molecule has 0 fully saturated rings. The van der Waals surface area contributed by atoms with Gasteiger partial charge in [0.1, 0.15) is 0 Å². The summed E-state index contributed by atoms with van der Waals surface area (Å²) in [6.07, 6.45) is 3.54. The first-order valence-electron chi connectivity index (χ1n) is 6.95. The second kappa shape index (κ2) is 6.85. The van der Waals surface area contributed by atoms with Crippen molar-refractivity contribution in [1.29, 1.82) is 0 Å². The van der Waals surface area contributed by atoms with Gasteiger partial charge in [0.15, 0.2) is 0 Å². The molecule has 0 aliphatic carbocycles. The molecule has 4 heteroatoms. The number of benzene rings is 1. The molecule has 0 spiro atoms. The molecule has 1 aromatic heterocycles. The molecule has 0 aliphatic heterocycles. The molecule has 0 atom stereocenters. The molecule has 2 rings (SSSR count). The van der Waals surface area contributed by atoms with Crippen LogP contribution in [0.25, 0.3) is 0 Å². The lowest BCUT2D eigenvalue weighted by molar-refractivity contribution is 0.0689. The largest absolute Gasteiger partial charge is 0.332 e. The van der Waals surface area contributed by atoms with E-state index in [9.17, 15) is 4.79 Å². The molecule has 0 saturated carbocycles. The lowest BCUT2D eigenvalue weighted by Gasteiger charge is -2.27. The smallest absolute Gasteiger partial charge is 0.255 e. The number of amides is 1. The molecule has 0 radical (unpaired) electrons. The van der Waals surface area contributed by atoms with Crippen LogP contribution >= 0.6 is 15.9 Å². The van der Waals surface area contributed by atoms with Gasteiger partial charge in [0, 0.05) is 29.5 Å². The van der Waals surface area contributed by atoms with Gasteiger partial charge in [0.2, 0.25) is 0 Å². The van der Waals surface area contributed by atoms with Crippen molar-refractivity contribution in [3.8, 4) is 0 Å². The fourth-order valence-corrected chi connectivity index (χ4v) is 2.79. The Balaban J connectivity index is 2.27. The van der Waals surface area contributed by atoms with E-state index in [0.29, 0.717) is 12.1 Å². The summed E-state index contributed by atoms with van der Waals surface area (Å²) in [6.45, 7) is 6.62.